The van der Waals surface area contributed by atoms with Crippen LogP contribution in [0.1, 0.15) is 33.1 Å². The Morgan fingerprint density at radius 2 is 1.87 bits per heavy atom. The number of benzene rings is 2. The summed E-state index contributed by atoms with van der Waals surface area (Å²) in [5.41, 5.74) is 4.54. The van der Waals surface area contributed by atoms with Crippen LogP contribution in [-0.4, -0.2) is 21.8 Å². The molecule has 152 valence electrons. The van der Waals surface area contributed by atoms with Gasteiger partial charge in [0.25, 0.3) is 5.91 Å². The Kier molecular flexibility index (Phi) is 5.81. The molecule has 2 heterocycles. The average Bonchev–Trinajstić information content (AvgIpc) is 3.21. The molecule has 1 aliphatic rings. The number of pyridine rings is 1. The highest BCUT2D eigenvalue weighted by Gasteiger charge is 2.20. The van der Waals surface area contributed by atoms with Gasteiger partial charge in [0.15, 0.2) is 5.17 Å². The van der Waals surface area contributed by atoms with Gasteiger partial charge in [-0.3, -0.25) is 14.8 Å². The Balaban J connectivity index is 1.49. The van der Waals surface area contributed by atoms with Crippen LogP contribution in [0.3, 0.4) is 0 Å². The number of halogens is 1. The van der Waals surface area contributed by atoms with Gasteiger partial charge in [-0.2, -0.15) is 0 Å². The zero-order chi connectivity index (χ0) is 21.1. The van der Waals surface area contributed by atoms with Gasteiger partial charge in [-0.15, -0.1) is 0 Å². The number of carbonyl (C=O) groups is 1. The lowest BCUT2D eigenvalue weighted by molar-refractivity contribution is 0.102. The van der Waals surface area contributed by atoms with Crippen LogP contribution < -0.4 is 10.6 Å². The first-order valence-corrected chi connectivity index (χ1v) is 10.5. The highest BCUT2D eigenvalue weighted by atomic mass is 32.2. The van der Waals surface area contributed by atoms with Gasteiger partial charge < -0.3 is 10.6 Å². The molecule has 0 aliphatic carbocycles. The molecule has 1 aromatic heterocycles. The second-order valence-electron chi connectivity index (χ2n) is 7.11. The van der Waals surface area contributed by atoms with Crippen molar-refractivity contribution in [2.24, 2.45) is 4.99 Å². The summed E-state index contributed by atoms with van der Waals surface area (Å²) in [6, 6.07) is 14.0. The molecule has 1 unspecified atom stereocenters. The van der Waals surface area contributed by atoms with Crippen molar-refractivity contribution >= 4 is 34.2 Å². The molecule has 3 aromatic rings. The summed E-state index contributed by atoms with van der Waals surface area (Å²) in [7, 11) is 0. The van der Waals surface area contributed by atoms with Crippen molar-refractivity contribution in [3.8, 4) is 0 Å². The summed E-state index contributed by atoms with van der Waals surface area (Å²) in [6.07, 6.45) is 3.55. The van der Waals surface area contributed by atoms with Crippen LogP contribution in [-0.2, 0) is 0 Å². The molecule has 1 atom stereocenters. The highest BCUT2D eigenvalue weighted by molar-refractivity contribution is 8.14. The molecule has 1 amide bonds. The summed E-state index contributed by atoms with van der Waals surface area (Å²) in [5, 5.41) is 7.00. The Hall–Kier alpha value is -3.19. The lowest BCUT2D eigenvalue weighted by Crippen LogP contribution is -2.13. The largest absolute Gasteiger partial charge is 0.335 e. The van der Waals surface area contributed by atoms with Crippen molar-refractivity contribution in [2.45, 2.75) is 19.9 Å². The number of nitrogens with one attached hydrogen (secondary N) is 2. The molecule has 2 N–H and O–H groups in total. The molecular weight excluding hydrogens is 399 g/mol. The fraction of sp³-hybridized carbons (Fsp3) is 0.174. The van der Waals surface area contributed by atoms with Crippen molar-refractivity contribution in [1.82, 2.24) is 4.98 Å². The van der Waals surface area contributed by atoms with Gasteiger partial charge in [0, 0.05) is 35.1 Å². The number of thioether (sulfide) groups is 1. The lowest BCUT2D eigenvalue weighted by atomic mass is 10.1. The first-order chi connectivity index (χ1) is 14.5. The lowest BCUT2D eigenvalue weighted by Gasteiger charge is -2.12. The Labute approximate surface area is 178 Å². The molecule has 1 aliphatic heterocycles. The van der Waals surface area contributed by atoms with Crippen LogP contribution in [0.5, 0.6) is 0 Å². The fourth-order valence-electron chi connectivity index (χ4n) is 3.14. The normalized spacial score (nSPS) is 15.6. The number of carbonyl (C=O) groups excluding carboxylic acids is 1. The molecule has 0 saturated carbocycles. The molecule has 0 fully saturated rings. The predicted octanol–water partition coefficient (Wildman–Crippen LogP) is 5.35. The molecule has 0 bridgehead atoms. The smallest absolute Gasteiger partial charge is 0.255 e. The van der Waals surface area contributed by atoms with Crippen LogP contribution in [0.4, 0.5) is 15.8 Å². The number of nitrogens with zero attached hydrogens (tertiary/aromatic N) is 2. The number of aliphatic imine (C=N–C) groups is 1. The van der Waals surface area contributed by atoms with Gasteiger partial charge in [0.05, 0.1) is 6.04 Å². The van der Waals surface area contributed by atoms with E-state index in [1.165, 1.54) is 6.07 Å². The average molecular weight is 421 g/mol. The molecule has 0 spiro atoms. The zero-order valence-electron chi connectivity index (χ0n) is 16.6. The molecule has 30 heavy (non-hydrogen) atoms. The minimum absolute atomic E-state index is 0.0917. The number of anilines is 2. The summed E-state index contributed by atoms with van der Waals surface area (Å²) in [6.45, 7) is 3.64. The van der Waals surface area contributed by atoms with Crippen molar-refractivity contribution in [2.75, 3.05) is 16.4 Å². The van der Waals surface area contributed by atoms with E-state index in [9.17, 15) is 9.18 Å². The number of hydrogen-bond acceptors (Lipinski definition) is 5. The van der Waals surface area contributed by atoms with Crippen LogP contribution in [0.15, 0.2) is 65.9 Å². The molecule has 0 saturated heterocycles. The van der Waals surface area contributed by atoms with Crippen molar-refractivity contribution in [3.63, 3.8) is 0 Å². The number of aromatic nitrogens is 1. The molecular formula is C23H21FN4OS. The Morgan fingerprint density at radius 1 is 1.07 bits per heavy atom. The van der Waals surface area contributed by atoms with E-state index < -0.39 is 0 Å². The molecule has 2 aromatic carbocycles. The van der Waals surface area contributed by atoms with Crippen molar-refractivity contribution < 1.29 is 9.18 Å². The Bertz CT molecular complexity index is 1120. The fourth-order valence-corrected chi connectivity index (χ4v) is 4.10. The SMILES string of the molecule is Cc1cc(NC(=O)c2ccc(C)c(NC3=NC(c4ccncc4)CS3)c2)ccc1F. The van der Waals surface area contributed by atoms with Gasteiger partial charge in [0.2, 0.25) is 0 Å². The van der Waals surface area contributed by atoms with E-state index in [2.05, 4.69) is 15.6 Å². The van der Waals surface area contributed by atoms with Gasteiger partial charge in [-0.25, -0.2) is 4.39 Å². The quantitative estimate of drug-likeness (QED) is 0.597. The first-order valence-electron chi connectivity index (χ1n) is 9.55. The van der Waals surface area contributed by atoms with E-state index in [1.54, 1.807) is 49.3 Å². The zero-order valence-corrected chi connectivity index (χ0v) is 17.5. The maximum Gasteiger partial charge on any atom is 0.255 e. The van der Waals surface area contributed by atoms with E-state index in [0.29, 0.717) is 16.8 Å². The molecule has 7 heteroatoms. The standard InChI is InChI=1S/C23H21FN4OS/c1-14-3-4-17(22(29)26-18-5-6-19(24)15(2)11-18)12-20(14)27-23-28-21(13-30-23)16-7-9-25-10-8-16/h3-12,21H,13H2,1-2H3,(H,26,29)(H,27,28). The van der Waals surface area contributed by atoms with E-state index in [1.807, 2.05) is 31.2 Å². The number of amides is 1. The van der Waals surface area contributed by atoms with Crippen molar-refractivity contribution in [3.05, 3.63) is 89.0 Å². The number of hydrogen-bond donors (Lipinski definition) is 2. The second kappa shape index (κ2) is 8.67. The van der Waals surface area contributed by atoms with Crippen molar-refractivity contribution in [1.29, 1.82) is 0 Å². The molecule has 0 radical (unpaired) electrons. The summed E-state index contributed by atoms with van der Waals surface area (Å²) in [4.78, 5) is 21.5. The van der Waals surface area contributed by atoms with Gasteiger partial charge in [0.1, 0.15) is 5.82 Å². The van der Waals surface area contributed by atoms with E-state index in [4.69, 9.17) is 4.99 Å². The summed E-state index contributed by atoms with van der Waals surface area (Å²) < 4.78 is 13.4. The van der Waals surface area contributed by atoms with Crippen LogP contribution in [0.2, 0.25) is 0 Å². The van der Waals surface area contributed by atoms with E-state index >= 15 is 0 Å². The highest BCUT2D eigenvalue weighted by Crippen LogP contribution is 2.31. The van der Waals surface area contributed by atoms with E-state index in [0.717, 1.165) is 27.7 Å². The third-order valence-electron chi connectivity index (χ3n) is 4.90. The van der Waals surface area contributed by atoms with Gasteiger partial charge in [-0.1, -0.05) is 17.8 Å². The van der Waals surface area contributed by atoms with Crippen LogP contribution in [0, 0.1) is 19.7 Å². The second-order valence-corrected chi connectivity index (χ2v) is 8.12. The Morgan fingerprint density at radius 3 is 2.63 bits per heavy atom. The third-order valence-corrected chi connectivity index (χ3v) is 5.86. The number of aryl methyl sites for hydroxylation is 2. The van der Waals surface area contributed by atoms with Gasteiger partial charge in [-0.05, 0) is 73.0 Å². The van der Waals surface area contributed by atoms with Crippen LogP contribution in [0.25, 0.3) is 0 Å². The number of amidine groups is 1. The van der Waals surface area contributed by atoms with Gasteiger partial charge >= 0.3 is 0 Å². The predicted molar refractivity (Wildman–Crippen MR) is 121 cm³/mol. The minimum atomic E-state index is -0.297. The first kappa shape index (κ1) is 20.1. The molecule has 5 nitrogen and oxygen atoms in total. The topological polar surface area (TPSA) is 66.4 Å². The third kappa shape index (κ3) is 4.52. The maximum atomic E-state index is 13.4. The maximum absolute atomic E-state index is 13.4. The van der Waals surface area contributed by atoms with E-state index in [-0.39, 0.29) is 17.8 Å². The van der Waals surface area contributed by atoms with Crippen LogP contribution >= 0.6 is 11.8 Å². The number of rotatable bonds is 4. The summed E-state index contributed by atoms with van der Waals surface area (Å²) >= 11 is 1.65. The monoisotopic (exact) mass is 420 g/mol. The minimum Gasteiger partial charge on any atom is -0.335 e. The molecule has 4 rings (SSSR count). The summed E-state index contributed by atoms with van der Waals surface area (Å²) in [5.74, 6) is 0.310.